The molecule has 1 heterocycles. The summed E-state index contributed by atoms with van der Waals surface area (Å²) >= 11 is 6.11. The van der Waals surface area contributed by atoms with Crippen LogP contribution in [0, 0.1) is 0 Å². The Morgan fingerprint density at radius 3 is 2.23 bits per heavy atom. The average Bonchev–Trinajstić information content (AvgIpc) is 2.87. The van der Waals surface area contributed by atoms with Crippen LogP contribution < -0.4 is 0 Å². The summed E-state index contributed by atoms with van der Waals surface area (Å²) in [6, 6.07) is 17.3. The van der Waals surface area contributed by atoms with E-state index in [-0.39, 0.29) is 17.5 Å². The van der Waals surface area contributed by atoms with Crippen molar-refractivity contribution in [3.63, 3.8) is 0 Å². The molecule has 1 aliphatic rings. The summed E-state index contributed by atoms with van der Waals surface area (Å²) in [5.74, 6) is -2.00. The van der Waals surface area contributed by atoms with E-state index in [2.05, 4.69) is 0 Å². The van der Waals surface area contributed by atoms with Crippen LogP contribution in [-0.4, -0.2) is 22.8 Å². The molecule has 6 heteroatoms. The zero-order valence-electron chi connectivity index (χ0n) is 13.4. The van der Waals surface area contributed by atoms with Gasteiger partial charge in [0.05, 0.1) is 17.5 Å². The van der Waals surface area contributed by atoms with Crippen LogP contribution in [0.15, 0.2) is 60.7 Å². The fourth-order valence-corrected chi connectivity index (χ4v) is 3.28. The molecule has 2 amide bonds. The third-order valence-electron chi connectivity index (χ3n) is 4.20. The highest BCUT2D eigenvalue weighted by atomic mass is 35.5. The van der Waals surface area contributed by atoms with Crippen molar-refractivity contribution in [2.75, 3.05) is 0 Å². The van der Waals surface area contributed by atoms with Crippen molar-refractivity contribution < 1.29 is 19.2 Å². The number of nitrogens with zero attached hydrogens (tertiary/aromatic N) is 1. The lowest BCUT2D eigenvalue weighted by atomic mass is 10.0. The SMILES string of the molecule is O=C(Cc1cc(Cl)cc2ccccc12)ON1C(=O)c2ccccc2C1=O. The number of hydroxylamine groups is 2. The first kappa shape index (κ1) is 16.3. The van der Waals surface area contributed by atoms with Gasteiger partial charge in [0.25, 0.3) is 11.8 Å². The van der Waals surface area contributed by atoms with Crippen LogP contribution in [0.4, 0.5) is 0 Å². The largest absolute Gasteiger partial charge is 0.337 e. The van der Waals surface area contributed by atoms with Crippen LogP contribution in [-0.2, 0) is 16.1 Å². The topological polar surface area (TPSA) is 63.7 Å². The van der Waals surface area contributed by atoms with Crippen molar-refractivity contribution in [1.82, 2.24) is 5.06 Å². The second-order valence-electron chi connectivity index (χ2n) is 5.88. The minimum absolute atomic E-state index is 0.117. The van der Waals surface area contributed by atoms with Gasteiger partial charge in [0, 0.05) is 5.02 Å². The zero-order chi connectivity index (χ0) is 18.3. The molecule has 0 N–H and O–H groups in total. The number of rotatable bonds is 3. The molecule has 0 radical (unpaired) electrons. The predicted molar refractivity (Wildman–Crippen MR) is 95.7 cm³/mol. The van der Waals surface area contributed by atoms with Gasteiger partial charge in [0.2, 0.25) is 0 Å². The van der Waals surface area contributed by atoms with E-state index in [1.165, 1.54) is 12.1 Å². The van der Waals surface area contributed by atoms with Gasteiger partial charge in [-0.2, -0.15) is 0 Å². The van der Waals surface area contributed by atoms with Crippen molar-refractivity contribution in [3.05, 3.63) is 82.4 Å². The van der Waals surface area contributed by atoms with Crippen molar-refractivity contribution in [2.45, 2.75) is 6.42 Å². The summed E-state index contributed by atoms with van der Waals surface area (Å²) in [7, 11) is 0. The molecular formula is C20H12ClNO4. The zero-order valence-corrected chi connectivity index (χ0v) is 14.2. The van der Waals surface area contributed by atoms with Crippen molar-refractivity contribution >= 4 is 40.2 Å². The third-order valence-corrected chi connectivity index (χ3v) is 4.42. The Bertz CT molecular complexity index is 1040. The predicted octanol–water partition coefficient (Wildman–Crippen LogP) is 3.79. The summed E-state index contributed by atoms with van der Waals surface area (Å²) in [5.41, 5.74) is 1.10. The Balaban J connectivity index is 1.58. The van der Waals surface area contributed by atoms with Gasteiger partial charge < -0.3 is 4.84 Å². The number of hydrogen-bond donors (Lipinski definition) is 0. The Morgan fingerprint density at radius 2 is 1.54 bits per heavy atom. The maximum absolute atomic E-state index is 12.4. The summed E-state index contributed by atoms with van der Waals surface area (Å²) in [6.45, 7) is 0. The van der Waals surface area contributed by atoms with Gasteiger partial charge in [-0.1, -0.05) is 53.1 Å². The molecule has 3 aromatic rings. The first-order valence-corrected chi connectivity index (χ1v) is 8.28. The molecule has 0 atom stereocenters. The molecule has 5 nitrogen and oxygen atoms in total. The summed E-state index contributed by atoms with van der Waals surface area (Å²) < 4.78 is 0. The van der Waals surface area contributed by atoms with Crippen LogP contribution in [0.5, 0.6) is 0 Å². The maximum atomic E-state index is 12.4. The van der Waals surface area contributed by atoms with E-state index in [9.17, 15) is 14.4 Å². The smallest absolute Gasteiger partial charge is 0.329 e. The fourth-order valence-electron chi connectivity index (χ4n) is 3.04. The summed E-state index contributed by atoms with van der Waals surface area (Å²) in [5, 5.41) is 2.76. The number of hydrogen-bond acceptors (Lipinski definition) is 4. The molecule has 0 spiro atoms. The normalized spacial score (nSPS) is 13.2. The van der Waals surface area contributed by atoms with Crippen LogP contribution in [0.2, 0.25) is 5.02 Å². The first-order valence-electron chi connectivity index (χ1n) is 7.90. The fraction of sp³-hybridized carbons (Fsp3) is 0.0500. The van der Waals surface area contributed by atoms with Crippen LogP contribution in [0.3, 0.4) is 0 Å². The number of carbonyl (C=O) groups is 3. The molecule has 128 valence electrons. The number of halogens is 1. The standard InChI is InChI=1S/C20H12ClNO4/c21-14-9-12-5-1-2-6-15(12)13(10-14)11-18(23)26-22-19(24)16-7-3-4-8-17(16)20(22)25/h1-10H,11H2. The van der Waals surface area contributed by atoms with Crippen LogP contribution in [0.1, 0.15) is 26.3 Å². The number of amides is 2. The van der Waals surface area contributed by atoms with Crippen LogP contribution >= 0.6 is 11.6 Å². The molecular weight excluding hydrogens is 354 g/mol. The maximum Gasteiger partial charge on any atom is 0.337 e. The van der Waals surface area contributed by atoms with Gasteiger partial charge in [-0.25, -0.2) is 4.79 Å². The molecule has 0 aromatic heterocycles. The molecule has 0 bridgehead atoms. The quantitative estimate of drug-likeness (QED) is 0.662. The average molecular weight is 366 g/mol. The second-order valence-corrected chi connectivity index (χ2v) is 6.31. The van der Waals surface area contributed by atoms with E-state index in [1.807, 2.05) is 24.3 Å². The number of fused-ring (bicyclic) bond motifs is 2. The van der Waals surface area contributed by atoms with E-state index < -0.39 is 17.8 Å². The van der Waals surface area contributed by atoms with E-state index in [4.69, 9.17) is 16.4 Å². The Morgan fingerprint density at radius 1 is 0.923 bits per heavy atom. The Kier molecular flexibility index (Phi) is 3.93. The number of carbonyl (C=O) groups excluding carboxylic acids is 3. The van der Waals surface area contributed by atoms with E-state index in [0.717, 1.165) is 10.8 Å². The molecule has 0 aliphatic carbocycles. The van der Waals surface area contributed by atoms with Gasteiger partial charge in [0.1, 0.15) is 0 Å². The minimum Gasteiger partial charge on any atom is -0.329 e. The van der Waals surface area contributed by atoms with E-state index >= 15 is 0 Å². The minimum atomic E-state index is -0.716. The molecule has 0 saturated carbocycles. The molecule has 3 aromatic carbocycles. The molecule has 4 rings (SSSR count). The number of imide groups is 1. The highest BCUT2D eigenvalue weighted by Crippen LogP contribution is 2.26. The second kappa shape index (κ2) is 6.28. The highest BCUT2D eigenvalue weighted by molar-refractivity contribution is 6.31. The monoisotopic (exact) mass is 365 g/mol. The van der Waals surface area contributed by atoms with E-state index in [1.54, 1.807) is 24.3 Å². The molecule has 1 aliphatic heterocycles. The highest BCUT2D eigenvalue weighted by Gasteiger charge is 2.38. The Labute approximate surface area is 153 Å². The third kappa shape index (κ3) is 2.72. The molecule has 0 unspecified atom stereocenters. The first-order chi connectivity index (χ1) is 12.5. The molecule has 26 heavy (non-hydrogen) atoms. The summed E-state index contributed by atoms with van der Waals surface area (Å²) in [6.07, 6.45) is -0.117. The molecule has 0 saturated heterocycles. The molecule has 0 fully saturated rings. The van der Waals surface area contributed by atoms with Crippen molar-refractivity contribution in [3.8, 4) is 0 Å². The van der Waals surface area contributed by atoms with Gasteiger partial charge >= 0.3 is 5.97 Å². The summed E-state index contributed by atoms with van der Waals surface area (Å²) in [4.78, 5) is 42.0. The lowest BCUT2D eigenvalue weighted by molar-refractivity contribution is -0.167. The van der Waals surface area contributed by atoms with E-state index in [0.29, 0.717) is 15.6 Å². The lowest BCUT2D eigenvalue weighted by Crippen LogP contribution is -2.33. The van der Waals surface area contributed by atoms with Gasteiger partial charge in [-0.15, -0.1) is 0 Å². The lowest BCUT2D eigenvalue weighted by Gasteiger charge is -2.13. The van der Waals surface area contributed by atoms with Crippen molar-refractivity contribution in [1.29, 1.82) is 0 Å². The van der Waals surface area contributed by atoms with Gasteiger partial charge in [-0.05, 0) is 40.6 Å². The van der Waals surface area contributed by atoms with Gasteiger partial charge in [0.15, 0.2) is 0 Å². The Hall–Kier alpha value is -3.18. The van der Waals surface area contributed by atoms with Crippen LogP contribution in [0.25, 0.3) is 10.8 Å². The number of benzene rings is 3. The van der Waals surface area contributed by atoms with Crippen molar-refractivity contribution in [2.24, 2.45) is 0 Å². The van der Waals surface area contributed by atoms with Gasteiger partial charge in [-0.3, -0.25) is 9.59 Å².